The highest BCUT2D eigenvalue weighted by molar-refractivity contribution is 6.05. The van der Waals surface area contributed by atoms with E-state index in [-0.39, 0.29) is 31.2 Å². The van der Waals surface area contributed by atoms with E-state index in [1.165, 1.54) is 11.8 Å². The molecule has 4 rings (SSSR count). The number of benzene rings is 2. The van der Waals surface area contributed by atoms with E-state index in [1.807, 2.05) is 30.3 Å². The van der Waals surface area contributed by atoms with Gasteiger partial charge in [0.25, 0.3) is 11.8 Å². The van der Waals surface area contributed by atoms with Crippen LogP contribution in [-0.2, 0) is 35.3 Å². The minimum atomic E-state index is -1.81. The Balaban J connectivity index is 1.53. The molecule has 1 aliphatic heterocycles. The van der Waals surface area contributed by atoms with Crippen LogP contribution in [0.5, 0.6) is 0 Å². The summed E-state index contributed by atoms with van der Waals surface area (Å²) < 4.78 is 5.48. The summed E-state index contributed by atoms with van der Waals surface area (Å²) in [6.07, 6.45) is 1.81. The van der Waals surface area contributed by atoms with E-state index in [9.17, 15) is 38.7 Å². The van der Waals surface area contributed by atoms with E-state index in [0.717, 1.165) is 29.7 Å². The van der Waals surface area contributed by atoms with E-state index in [2.05, 4.69) is 21.3 Å². The molecular weight excluding hydrogens is 720 g/mol. The molecule has 15 heteroatoms. The first-order valence-electron chi connectivity index (χ1n) is 19.4. The van der Waals surface area contributed by atoms with Crippen LogP contribution >= 0.6 is 0 Å². The number of alkyl carbamates (subject to hydrolysis) is 1. The fourth-order valence-corrected chi connectivity index (χ4v) is 7.10. The van der Waals surface area contributed by atoms with Crippen molar-refractivity contribution < 1.29 is 43.4 Å². The quantitative estimate of drug-likeness (QED) is 0.169. The molecule has 1 saturated carbocycles. The summed E-state index contributed by atoms with van der Waals surface area (Å²) in [5.74, 6) is -3.77. The Morgan fingerprint density at radius 3 is 2.11 bits per heavy atom. The molecule has 4 unspecified atom stereocenters. The largest absolute Gasteiger partial charge is 0.444 e. The maximum atomic E-state index is 14.5. The first kappa shape index (κ1) is 43.4. The summed E-state index contributed by atoms with van der Waals surface area (Å²) in [7, 11) is 0. The lowest BCUT2D eigenvalue weighted by atomic mass is 9.83. The number of ketones is 1. The van der Waals surface area contributed by atoms with Crippen LogP contribution in [0, 0.1) is 5.92 Å². The Bertz CT molecular complexity index is 1690. The Morgan fingerprint density at radius 1 is 0.893 bits per heavy atom. The van der Waals surface area contributed by atoms with Gasteiger partial charge in [-0.05, 0) is 64.0 Å². The molecule has 2 fully saturated rings. The molecule has 0 radical (unpaired) electrons. The number of aliphatic hydroxyl groups excluding tert-OH is 1. The van der Waals surface area contributed by atoms with E-state index < -0.39 is 78.2 Å². The topological polar surface area (TPSA) is 204 Å². The summed E-state index contributed by atoms with van der Waals surface area (Å²) in [5, 5.41) is 21.5. The molecule has 7 amide bonds. The monoisotopic (exact) mass is 776 g/mol. The zero-order valence-electron chi connectivity index (χ0n) is 32.9. The number of nitrogens with one attached hydrogen (secondary N) is 4. The van der Waals surface area contributed by atoms with Gasteiger partial charge in [0, 0.05) is 6.54 Å². The minimum absolute atomic E-state index is 0.0983. The molecule has 0 aromatic heterocycles. The first-order valence-corrected chi connectivity index (χ1v) is 19.4. The van der Waals surface area contributed by atoms with Gasteiger partial charge < -0.3 is 36.0 Å². The van der Waals surface area contributed by atoms with Crippen molar-refractivity contribution in [2.24, 2.45) is 5.92 Å². The summed E-state index contributed by atoms with van der Waals surface area (Å²) in [6, 6.07) is 12.3. The number of carbonyl (C=O) groups is 7. The van der Waals surface area contributed by atoms with Gasteiger partial charge in [0.1, 0.15) is 23.7 Å². The minimum Gasteiger partial charge on any atom is -0.444 e. The summed E-state index contributed by atoms with van der Waals surface area (Å²) in [6.45, 7) is 7.57. The molecule has 2 aliphatic rings. The van der Waals surface area contributed by atoms with Crippen molar-refractivity contribution in [2.75, 3.05) is 13.1 Å². The zero-order valence-corrected chi connectivity index (χ0v) is 32.9. The number of ether oxygens (including phenoxy) is 1. The van der Waals surface area contributed by atoms with Gasteiger partial charge in [0.2, 0.25) is 11.8 Å². The molecule has 1 heterocycles. The lowest BCUT2D eigenvalue weighted by Gasteiger charge is -2.34. The summed E-state index contributed by atoms with van der Waals surface area (Å²) in [5.41, 5.74) is 0.479. The molecule has 1 aliphatic carbocycles. The Labute approximate surface area is 328 Å². The van der Waals surface area contributed by atoms with Gasteiger partial charge in [-0.3, -0.25) is 24.0 Å². The second-order valence-electron chi connectivity index (χ2n) is 15.5. The lowest BCUT2D eigenvalue weighted by Crippen LogP contribution is -2.60. The molecular formula is C41H56N6O9. The van der Waals surface area contributed by atoms with Gasteiger partial charge in [0.05, 0.1) is 19.1 Å². The maximum Gasteiger partial charge on any atom is 0.408 e. The third kappa shape index (κ3) is 12.1. The van der Waals surface area contributed by atoms with Crippen molar-refractivity contribution in [1.82, 2.24) is 31.1 Å². The molecule has 0 spiro atoms. The number of Topliss-reactive ketones (excluding diaryl/α,β-unsaturated/α-hetero) is 1. The van der Waals surface area contributed by atoms with Crippen molar-refractivity contribution in [1.29, 1.82) is 0 Å². The predicted molar refractivity (Wildman–Crippen MR) is 206 cm³/mol. The van der Waals surface area contributed by atoms with Crippen molar-refractivity contribution >= 4 is 41.5 Å². The molecule has 2 aromatic carbocycles. The fraction of sp³-hybridized carbons (Fsp3) is 0.537. The Kier molecular flexibility index (Phi) is 15.5. The number of carbonyl (C=O) groups excluding carboxylic acids is 7. The van der Waals surface area contributed by atoms with E-state index in [1.54, 1.807) is 58.0 Å². The third-order valence-electron chi connectivity index (χ3n) is 9.84. The van der Waals surface area contributed by atoms with Gasteiger partial charge in [-0.15, -0.1) is 0 Å². The number of urea groups is 1. The van der Waals surface area contributed by atoms with Crippen molar-refractivity contribution in [3.8, 4) is 0 Å². The SMILES string of the molecule is CCCC(NC(=O)C1CN(Cc2ccccc2)C(=O)N1C(=O)C(NC(=O)OC(C)(C)C)C1CCCCC1)C(O)C(=O)NCC(=O)N[C@H](C(C)=O)c1ccccc1. The summed E-state index contributed by atoms with van der Waals surface area (Å²) in [4.78, 5) is 96.3. The molecule has 56 heavy (non-hydrogen) atoms. The van der Waals surface area contributed by atoms with Gasteiger partial charge >= 0.3 is 12.1 Å². The highest BCUT2D eigenvalue weighted by Gasteiger charge is 2.49. The average Bonchev–Trinajstić information content (AvgIpc) is 3.49. The number of hydrogen-bond acceptors (Lipinski definition) is 9. The second-order valence-corrected chi connectivity index (χ2v) is 15.5. The number of imide groups is 1. The van der Waals surface area contributed by atoms with Crippen LogP contribution in [0.2, 0.25) is 0 Å². The van der Waals surface area contributed by atoms with Crippen LogP contribution < -0.4 is 21.3 Å². The van der Waals surface area contributed by atoms with Crippen LogP contribution in [0.1, 0.15) is 96.7 Å². The molecule has 0 bridgehead atoms. The lowest BCUT2D eigenvalue weighted by molar-refractivity contribution is -0.140. The molecule has 5 N–H and O–H groups in total. The third-order valence-corrected chi connectivity index (χ3v) is 9.84. The van der Waals surface area contributed by atoms with Gasteiger partial charge in [0.15, 0.2) is 11.9 Å². The number of amides is 7. The first-order chi connectivity index (χ1) is 26.6. The predicted octanol–water partition coefficient (Wildman–Crippen LogP) is 3.50. The Hall–Kier alpha value is -5.31. The Morgan fingerprint density at radius 2 is 1.52 bits per heavy atom. The van der Waals surface area contributed by atoms with Crippen LogP contribution in [-0.4, -0.2) is 99.4 Å². The van der Waals surface area contributed by atoms with Crippen LogP contribution in [0.3, 0.4) is 0 Å². The van der Waals surface area contributed by atoms with E-state index in [4.69, 9.17) is 4.74 Å². The van der Waals surface area contributed by atoms with E-state index >= 15 is 0 Å². The highest BCUT2D eigenvalue weighted by atomic mass is 16.6. The van der Waals surface area contributed by atoms with Crippen molar-refractivity contribution in [2.45, 2.75) is 122 Å². The fourth-order valence-electron chi connectivity index (χ4n) is 7.10. The smallest absolute Gasteiger partial charge is 0.408 e. The number of nitrogens with zero attached hydrogens (tertiary/aromatic N) is 2. The molecule has 5 atom stereocenters. The average molecular weight is 777 g/mol. The molecule has 1 saturated heterocycles. The van der Waals surface area contributed by atoms with Crippen LogP contribution in [0.4, 0.5) is 9.59 Å². The molecule has 2 aromatic rings. The number of aliphatic hydroxyl groups is 1. The zero-order chi connectivity index (χ0) is 41.0. The molecule has 304 valence electrons. The van der Waals surface area contributed by atoms with Crippen LogP contribution in [0.25, 0.3) is 0 Å². The van der Waals surface area contributed by atoms with Crippen molar-refractivity contribution in [3.63, 3.8) is 0 Å². The standard InChI is InChI=1S/C41H56N6O9/c1-6-16-30(35(50)37(52)42-23-32(49)44-33(26(2)48)28-19-12-8-13-20-28)43-36(51)31-25-46(24-27-17-10-7-11-18-27)40(55)47(31)38(53)34(29-21-14-9-15-22-29)45-39(54)56-41(3,4)5/h7-8,10-13,17-20,29-31,33-35,50H,6,9,14-16,21-25H2,1-5H3,(H,42,52)(H,43,51)(H,44,49)(H,45,54)/t30?,31?,33-,34?,35?/m1/s1. The van der Waals surface area contributed by atoms with Crippen molar-refractivity contribution in [3.05, 3.63) is 71.8 Å². The second kappa shape index (κ2) is 20.0. The van der Waals surface area contributed by atoms with Gasteiger partial charge in [-0.25, -0.2) is 14.5 Å². The van der Waals surface area contributed by atoms with Gasteiger partial charge in [-0.2, -0.15) is 0 Å². The molecule has 15 nitrogen and oxygen atoms in total. The van der Waals surface area contributed by atoms with Crippen LogP contribution in [0.15, 0.2) is 60.7 Å². The van der Waals surface area contributed by atoms with Gasteiger partial charge in [-0.1, -0.05) is 93.3 Å². The number of hydrogen-bond donors (Lipinski definition) is 5. The summed E-state index contributed by atoms with van der Waals surface area (Å²) >= 11 is 0. The number of rotatable bonds is 16. The highest BCUT2D eigenvalue weighted by Crippen LogP contribution is 2.30. The normalized spacial score (nSPS) is 18.2. The van der Waals surface area contributed by atoms with E-state index in [0.29, 0.717) is 24.8 Å². The maximum absolute atomic E-state index is 14.5.